The van der Waals surface area contributed by atoms with Crippen molar-refractivity contribution in [1.82, 2.24) is 0 Å². The van der Waals surface area contributed by atoms with Crippen molar-refractivity contribution in [1.29, 1.82) is 0 Å². The summed E-state index contributed by atoms with van der Waals surface area (Å²) in [4.78, 5) is 11.7. The predicted octanol–water partition coefficient (Wildman–Crippen LogP) is 1.35. The minimum absolute atomic E-state index is 0.0318. The molecule has 1 rings (SSSR count). The highest BCUT2D eigenvalue weighted by molar-refractivity contribution is 5.93. The number of hydrogen-bond donors (Lipinski definition) is 4. The quantitative estimate of drug-likeness (QED) is 0.626. The van der Waals surface area contributed by atoms with E-state index in [1.54, 1.807) is 0 Å². The zero-order chi connectivity index (χ0) is 14.4. The van der Waals surface area contributed by atoms with Crippen molar-refractivity contribution < 1.29 is 15.0 Å². The number of carbonyl (C=O) groups excluding carboxylic acids is 1. The van der Waals surface area contributed by atoms with Gasteiger partial charge in [-0.1, -0.05) is 19.9 Å². The van der Waals surface area contributed by atoms with Gasteiger partial charge in [0.2, 0.25) is 5.91 Å². The second kappa shape index (κ2) is 7.11. The number of aliphatic hydroxyl groups is 2. The third kappa shape index (κ3) is 4.89. The largest absolute Gasteiger partial charge is 0.394 e. The first-order valence-electron chi connectivity index (χ1n) is 6.38. The summed E-state index contributed by atoms with van der Waals surface area (Å²) in [7, 11) is 0. The SMILES string of the molecule is Cc1ccc(NCC(O)CO)cc1NC(=O)C(C)C. The Balaban J connectivity index is 2.74. The molecule has 0 saturated heterocycles. The Morgan fingerprint density at radius 1 is 1.37 bits per heavy atom. The summed E-state index contributed by atoms with van der Waals surface area (Å²) in [6.45, 7) is 5.57. The van der Waals surface area contributed by atoms with Crippen LogP contribution in [0.15, 0.2) is 18.2 Å². The normalized spacial score (nSPS) is 12.3. The predicted molar refractivity (Wildman–Crippen MR) is 76.2 cm³/mol. The van der Waals surface area contributed by atoms with Crippen molar-refractivity contribution in [3.05, 3.63) is 23.8 Å². The topological polar surface area (TPSA) is 81.6 Å². The van der Waals surface area contributed by atoms with E-state index in [0.717, 1.165) is 16.9 Å². The Labute approximate surface area is 113 Å². The van der Waals surface area contributed by atoms with Gasteiger partial charge in [0.15, 0.2) is 0 Å². The van der Waals surface area contributed by atoms with Gasteiger partial charge in [0, 0.05) is 23.8 Å². The van der Waals surface area contributed by atoms with Gasteiger partial charge < -0.3 is 20.8 Å². The lowest BCUT2D eigenvalue weighted by molar-refractivity contribution is -0.118. The van der Waals surface area contributed by atoms with Crippen molar-refractivity contribution in [2.75, 3.05) is 23.8 Å². The Kier molecular flexibility index (Phi) is 5.79. The zero-order valence-electron chi connectivity index (χ0n) is 11.6. The second-order valence-electron chi connectivity index (χ2n) is 4.89. The number of aryl methyl sites for hydroxylation is 1. The third-order valence-electron chi connectivity index (χ3n) is 2.77. The number of benzene rings is 1. The Morgan fingerprint density at radius 3 is 2.63 bits per heavy atom. The number of nitrogens with one attached hydrogen (secondary N) is 2. The highest BCUT2D eigenvalue weighted by atomic mass is 16.3. The van der Waals surface area contributed by atoms with Gasteiger partial charge in [0.25, 0.3) is 0 Å². The first-order valence-corrected chi connectivity index (χ1v) is 6.38. The van der Waals surface area contributed by atoms with Gasteiger partial charge in [0.1, 0.15) is 0 Å². The minimum Gasteiger partial charge on any atom is -0.394 e. The summed E-state index contributed by atoms with van der Waals surface area (Å²) in [5.74, 6) is -0.108. The number of amides is 1. The molecule has 0 fully saturated rings. The molecule has 0 radical (unpaired) electrons. The fourth-order valence-corrected chi connectivity index (χ4v) is 1.44. The van der Waals surface area contributed by atoms with Crippen LogP contribution in [-0.2, 0) is 4.79 Å². The summed E-state index contributed by atoms with van der Waals surface area (Å²) < 4.78 is 0. The Bertz CT molecular complexity index is 433. The summed E-state index contributed by atoms with van der Waals surface area (Å²) in [6.07, 6.45) is -0.796. The van der Waals surface area contributed by atoms with Crippen molar-refractivity contribution in [2.45, 2.75) is 26.9 Å². The van der Waals surface area contributed by atoms with Crippen molar-refractivity contribution in [3.8, 4) is 0 Å². The van der Waals surface area contributed by atoms with E-state index in [0.29, 0.717) is 0 Å². The van der Waals surface area contributed by atoms with E-state index in [1.165, 1.54) is 0 Å². The molecule has 0 heterocycles. The van der Waals surface area contributed by atoms with E-state index in [9.17, 15) is 9.90 Å². The van der Waals surface area contributed by atoms with Crippen LogP contribution in [0.3, 0.4) is 0 Å². The average Bonchev–Trinajstić information content (AvgIpc) is 2.38. The van der Waals surface area contributed by atoms with Crippen LogP contribution in [-0.4, -0.2) is 35.4 Å². The molecule has 0 spiro atoms. The van der Waals surface area contributed by atoms with Gasteiger partial charge in [-0.2, -0.15) is 0 Å². The molecule has 1 atom stereocenters. The highest BCUT2D eigenvalue weighted by Crippen LogP contribution is 2.21. The molecule has 5 nitrogen and oxygen atoms in total. The lowest BCUT2D eigenvalue weighted by Crippen LogP contribution is -2.23. The van der Waals surface area contributed by atoms with Crippen molar-refractivity contribution in [2.24, 2.45) is 5.92 Å². The monoisotopic (exact) mass is 266 g/mol. The molecule has 4 N–H and O–H groups in total. The van der Waals surface area contributed by atoms with E-state index in [2.05, 4.69) is 10.6 Å². The van der Waals surface area contributed by atoms with Crippen LogP contribution >= 0.6 is 0 Å². The molecule has 0 aliphatic rings. The molecule has 106 valence electrons. The fourth-order valence-electron chi connectivity index (χ4n) is 1.44. The van der Waals surface area contributed by atoms with Gasteiger partial charge in [0.05, 0.1) is 12.7 Å². The first-order chi connectivity index (χ1) is 8.93. The maximum Gasteiger partial charge on any atom is 0.226 e. The van der Waals surface area contributed by atoms with Gasteiger partial charge in [-0.3, -0.25) is 4.79 Å². The molecule has 0 aliphatic carbocycles. The van der Waals surface area contributed by atoms with Crippen molar-refractivity contribution in [3.63, 3.8) is 0 Å². The summed E-state index contributed by atoms with van der Waals surface area (Å²) in [5, 5.41) is 23.9. The molecule has 1 aromatic rings. The fraction of sp³-hybridized carbons (Fsp3) is 0.500. The molecular formula is C14H22N2O3. The smallest absolute Gasteiger partial charge is 0.226 e. The third-order valence-corrected chi connectivity index (χ3v) is 2.77. The zero-order valence-corrected chi connectivity index (χ0v) is 11.6. The molecule has 19 heavy (non-hydrogen) atoms. The van der Waals surface area contributed by atoms with E-state index in [1.807, 2.05) is 39.0 Å². The number of carbonyl (C=O) groups is 1. The average molecular weight is 266 g/mol. The van der Waals surface area contributed by atoms with Crippen LogP contribution in [0.2, 0.25) is 0 Å². The van der Waals surface area contributed by atoms with Gasteiger partial charge >= 0.3 is 0 Å². The Morgan fingerprint density at radius 2 is 2.05 bits per heavy atom. The molecule has 0 saturated carbocycles. The van der Waals surface area contributed by atoms with Crippen LogP contribution < -0.4 is 10.6 Å². The molecular weight excluding hydrogens is 244 g/mol. The van der Waals surface area contributed by atoms with E-state index < -0.39 is 6.10 Å². The second-order valence-corrected chi connectivity index (χ2v) is 4.89. The summed E-state index contributed by atoms with van der Waals surface area (Å²) in [5.41, 5.74) is 2.52. The first kappa shape index (κ1) is 15.5. The van der Waals surface area contributed by atoms with Crippen LogP contribution in [0.5, 0.6) is 0 Å². The lowest BCUT2D eigenvalue weighted by Gasteiger charge is -2.14. The number of anilines is 2. The van der Waals surface area contributed by atoms with Gasteiger partial charge in [-0.25, -0.2) is 0 Å². The molecule has 0 aliphatic heterocycles. The number of aliphatic hydroxyl groups excluding tert-OH is 2. The van der Waals surface area contributed by atoms with Crippen molar-refractivity contribution >= 4 is 17.3 Å². The van der Waals surface area contributed by atoms with E-state index in [-0.39, 0.29) is 25.0 Å². The number of rotatable bonds is 6. The molecule has 1 aromatic carbocycles. The van der Waals surface area contributed by atoms with E-state index in [4.69, 9.17) is 5.11 Å². The minimum atomic E-state index is -0.796. The Hall–Kier alpha value is -1.59. The summed E-state index contributed by atoms with van der Waals surface area (Å²) >= 11 is 0. The van der Waals surface area contributed by atoms with Gasteiger partial charge in [-0.15, -0.1) is 0 Å². The maximum absolute atomic E-state index is 11.7. The summed E-state index contributed by atoms with van der Waals surface area (Å²) in [6, 6.07) is 5.58. The van der Waals surface area contributed by atoms with Crippen LogP contribution in [0, 0.1) is 12.8 Å². The maximum atomic E-state index is 11.7. The molecule has 5 heteroatoms. The molecule has 0 bridgehead atoms. The van der Waals surface area contributed by atoms with Crippen LogP contribution in [0.1, 0.15) is 19.4 Å². The van der Waals surface area contributed by atoms with Crippen LogP contribution in [0.25, 0.3) is 0 Å². The van der Waals surface area contributed by atoms with Gasteiger partial charge in [-0.05, 0) is 24.6 Å². The molecule has 1 amide bonds. The molecule has 1 unspecified atom stereocenters. The standard InChI is InChI=1S/C14H22N2O3/c1-9(2)14(19)16-13-6-11(5-4-10(13)3)15-7-12(18)8-17/h4-6,9,12,15,17-18H,7-8H2,1-3H3,(H,16,19). The number of hydrogen-bond acceptors (Lipinski definition) is 4. The highest BCUT2D eigenvalue weighted by Gasteiger charge is 2.09. The van der Waals surface area contributed by atoms with Crippen LogP contribution in [0.4, 0.5) is 11.4 Å². The molecule has 0 aromatic heterocycles. The lowest BCUT2D eigenvalue weighted by atomic mass is 10.1. The van der Waals surface area contributed by atoms with E-state index >= 15 is 0 Å².